The predicted molar refractivity (Wildman–Crippen MR) is 117 cm³/mol. The molecule has 0 unspecified atom stereocenters. The van der Waals surface area contributed by atoms with Gasteiger partial charge in [0.1, 0.15) is 17.8 Å². The van der Waals surface area contributed by atoms with Crippen LogP contribution in [0.15, 0.2) is 43.1 Å². The van der Waals surface area contributed by atoms with Gasteiger partial charge in [0.2, 0.25) is 11.8 Å². The number of halogens is 1. The van der Waals surface area contributed by atoms with E-state index in [0.717, 1.165) is 0 Å². The van der Waals surface area contributed by atoms with Crippen molar-refractivity contribution >= 4 is 34.7 Å². The molecule has 0 atom stereocenters. The first-order valence-electron chi connectivity index (χ1n) is 9.44. The van der Waals surface area contributed by atoms with E-state index in [0.29, 0.717) is 27.6 Å². The number of nitrogens with one attached hydrogen (secondary N) is 1. The van der Waals surface area contributed by atoms with Gasteiger partial charge in [-0.25, -0.2) is 14.5 Å². The molecule has 4 aromatic heterocycles. The average molecular weight is 455 g/mol. The second-order valence-electron chi connectivity index (χ2n) is 6.99. The van der Waals surface area contributed by atoms with E-state index in [2.05, 4.69) is 25.5 Å². The third kappa shape index (κ3) is 4.10. The zero-order valence-corrected chi connectivity index (χ0v) is 18.2. The second kappa shape index (κ2) is 8.63. The molecule has 1 N–H and O–H groups in total. The summed E-state index contributed by atoms with van der Waals surface area (Å²) >= 11 is 6.14. The highest BCUT2D eigenvalue weighted by Gasteiger charge is 2.22. The van der Waals surface area contributed by atoms with Crippen LogP contribution in [0.25, 0.3) is 16.9 Å². The summed E-state index contributed by atoms with van der Waals surface area (Å²) in [4.78, 5) is 35.1. The lowest BCUT2D eigenvalue weighted by Gasteiger charge is -2.09. The third-order valence-corrected chi connectivity index (χ3v) is 4.80. The Bertz CT molecular complexity index is 1310. The molecule has 0 spiro atoms. The normalized spacial score (nSPS) is 10.9. The van der Waals surface area contributed by atoms with Gasteiger partial charge < -0.3 is 15.0 Å². The molecular weight excluding hydrogens is 436 g/mol. The Balaban J connectivity index is 1.76. The monoisotopic (exact) mass is 454 g/mol. The van der Waals surface area contributed by atoms with Gasteiger partial charge in [0.05, 0.1) is 29.6 Å². The largest absolute Gasteiger partial charge is 0.481 e. The zero-order chi connectivity index (χ0) is 22.8. The summed E-state index contributed by atoms with van der Waals surface area (Å²) in [7, 11) is 4.77. The van der Waals surface area contributed by atoms with Crippen LogP contribution in [0.2, 0.25) is 5.02 Å². The van der Waals surface area contributed by atoms with E-state index in [9.17, 15) is 9.59 Å². The number of carbonyl (C=O) groups is 2. The summed E-state index contributed by atoms with van der Waals surface area (Å²) in [6.07, 6.45) is 7.71. The average Bonchev–Trinajstić information content (AvgIpc) is 3.37. The summed E-state index contributed by atoms with van der Waals surface area (Å²) in [5.74, 6) is -0.334. The van der Waals surface area contributed by atoms with Gasteiger partial charge in [-0.05, 0) is 12.1 Å². The molecule has 4 rings (SSSR count). The number of aromatic nitrogens is 6. The van der Waals surface area contributed by atoms with Gasteiger partial charge in [-0.15, -0.1) is 0 Å². The molecule has 32 heavy (non-hydrogen) atoms. The van der Waals surface area contributed by atoms with Gasteiger partial charge in [-0.2, -0.15) is 10.2 Å². The number of amides is 2. The fourth-order valence-electron chi connectivity index (χ4n) is 3.01. The van der Waals surface area contributed by atoms with Crippen LogP contribution < -0.4 is 10.1 Å². The molecule has 4 aromatic rings. The van der Waals surface area contributed by atoms with Gasteiger partial charge in [-0.1, -0.05) is 11.6 Å². The minimum Gasteiger partial charge on any atom is -0.481 e. The number of ether oxygens (including phenoxy) is 1. The Morgan fingerprint density at radius 1 is 1.25 bits per heavy atom. The van der Waals surface area contributed by atoms with Crippen molar-refractivity contribution in [1.29, 1.82) is 0 Å². The molecule has 2 amide bonds. The van der Waals surface area contributed by atoms with Crippen LogP contribution >= 0.6 is 11.6 Å². The van der Waals surface area contributed by atoms with Crippen LogP contribution in [0.5, 0.6) is 5.88 Å². The zero-order valence-electron chi connectivity index (χ0n) is 17.5. The van der Waals surface area contributed by atoms with Crippen molar-refractivity contribution in [2.24, 2.45) is 0 Å². The van der Waals surface area contributed by atoms with E-state index in [4.69, 9.17) is 16.3 Å². The fourth-order valence-corrected chi connectivity index (χ4v) is 3.17. The van der Waals surface area contributed by atoms with Crippen LogP contribution in [0.4, 0.5) is 5.69 Å². The molecule has 0 aromatic carbocycles. The Labute approximate surface area is 187 Å². The molecule has 0 saturated carbocycles. The Hall–Kier alpha value is -3.99. The van der Waals surface area contributed by atoms with Gasteiger partial charge in [-0.3, -0.25) is 14.3 Å². The van der Waals surface area contributed by atoms with Crippen molar-refractivity contribution in [2.45, 2.75) is 6.54 Å². The van der Waals surface area contributed by atoms with Gasteiger partial charge in [0.25, 0.3) is 5.91 Å². The number of rotatable bonds is 6. The van der Waals surface area contributed by atoms with Crippen LogP contribution in [-0.2, 0) is 11.3 Å². The standard InChI is InChI=1S/C20H19ClN8O3/c1-27(2)16(30)11-28-10-15(17(26-28)13-7-12(21)8-23-20(13)32-3)25-19(31)14-9-24-29-6-4-5-22-18(14)29/h4-10H,11H2,1-3H3,(H,25,31). The molecule has 164 valence electrons. The van der Waals surface area contributed by atoms with Crippen molar-refractivity contribution in [3.8, 4) is 17.1 Å². The van der Waals surface area contributed by atoms with Crippen molar-refractivity contribution in [3.63, 3.8) is 0 Å². The summed E-state index contributed by atoms with van der Waals surface area (Å²) in [5, 5.41) is 11.8. The van der Waals surface area contributed by atoms with Gasteiger partial charge >= 0.3 is 0 Å². The quantitative estimate of drug-likeness (QED) is 0.473. The first kappa shape index (κ1) is 21.2. The maximum Gasteiger partial charge on any atom is 0.261 e. The Kier molecular flexibility index (Phi) is 5.73. The highest BCUT2D eigenvalue weighted by Crippen LogP contribution is 2.34. The summed E-state index contributed by atoms with van der Waals surface area (Å²) in [5.41, 5.74) is 1.85. The molecule has 0 saturated heterocycles. The summed E-state index contributed by atoms with van der Waals surface area (Å²) in [6, 6.07) is 3.34. The smallest absolute Gasteiger partial charge is 0.261 e. The molecule has 0 aliphatic rings. The lowest BCUT2D eigenvalue weighted by atomic mass is 10.1. The lowest BCUT2D eigenvalue weighted by molar-refractivity contribution is -0.129. The highest BCUT2D eigenvalue weighted by atomic mass is 35.5. The van der Waals surface area contributed by atoms with Crippen LogP contribution in [-0.4, -0.2) is 67.3 Å². The number of hydrogen-bond acceptors (Lipinski definition) is 7. The number of hydrogen-bond donors (Lipinski definition) is 1. The molecule has 11 nitrogen and oxygen atoms in total. The van der Waals surface area contributed by atoms with E-state index in [-0.39, 0.29) is 23.9 Å². The SMILES string of the molecule is COc1ncc(Cl)cc1-c1nn(CC(=O)N(C)C)cc1NC(=O)c1cnn2cccnc12. The molecular formula is C20H19ClN8O3. The van der Waals surface area contributed by atoms with Crippen molar-refractivity contribution in [1.82, 2.24) is 34.3 Å². The van der Waals surface area contributed by atoms with Gasteiger partial charge in [0.15, 0.2) is 5.65 Å². The molecule has 12 heteroatoms. The predicted octanol–water partition coefficient (Wildman–Crippen LogP) is 1.99. The Morgan fingerprint density at radius 3 is 2.81 bits per heavy atom. The van der Waals surface area contributed by atoms with Crippen molar-refractivity contribution in [3.05, 3.63) is 53.7 Å². The number of fused-ring (bicyclic) bond motifs is 1. The van der Waals surface area contributed by atoms with E-state index >= 15 is 0 Å². The molecule has 0 aliphatic heterocycles. The lowest BCUT2D eigenvalue weighted by Crippen LogP contribution is -2.26. The maximum atomic E-state index is 13.0. The molecule has 0 fully saturated rings. The number of anilines is 1. The minimum absolute atomic E-state index is 0.0234. The number of carbonyl (C=O) groups excluding carboxylic acids is 2. The minimum atomic E-state index is -0.438. The topological polar surface area (TPSA) is 120 Å². The Morgan fingerprint density at radius 2 is 2.06 bits per heavy atom. The van der Waals surface area contributed by atoms with Gasteiger partial charge in [0, 0.05) is 38.9 Å². The highest BCUT2D eigenvalue weighted by molar-refractivity contribution is 6.30. The summed E-state index contributed by atoms with van der Waals surface area (Å²) in [6.45, 7) is -0.0234. The number of nitrogens with zero attached hydrogens (tertiary/aromatic N) is 7. The molecule has 0 aliphatic carbocycles. The number of methoxy groups -OCH3 is 1. The number of pyridine rings is 1. The maximum absolute atomic E-state index is 13.0. The molecule has 0 radical (unpaired) electrons. The molecule has 4 heterocycles. The number of likely N-dealkylation sites (N-methyl/N-ethyl adjacent to an activating group) is 1. The van der Waals surface area contributed by atoms with Crippen molar-refractivity contribution in [2.75, 3.05) is 26.5 Å². The second-order valence-corrected chi connectivity index (χ2v) is 7.42. The van der Waals surface area contributed by atoms with Crippen LogP contribution in [0.3, 0.4) is 0 Å². The fraction of sp³-hybridized carbons (Fsp3) is 0.200. The summed E-state index contributed by atoms with van der Waals surface area (Å²) < 4.78 is 8.27. The van der Waals surface area contributed by atoms with E-state index in [1.165, 1.54) is 33.6 Å². The third-order valence-electron chi connectivity index (χ3n) is 4.60. The first-order valence-corrected chi connectivity index (χ1v) is 9.82. The van der Waals surface area contributed by atoms with E-state index < -0.39 is 5.91 Å². The van der Waals surface area contributed by atoms with E-state index in [1.54, 1.807) is 44.8 Å². The van der Waals surface area contributed by atoms with Crippen LogP contribution in [0, 0.1) is 0 Å². The molecule has 0 bridgehead atoms. The van der Waals surface area contributed by atoms with Crippen LogP contribution in [0.1, 0.15) is 10.4 Å². The van der Waals surface area contributed by atoms with Crippen molar-refractivity contribution < 1.29 is 14.3 Å². The van der Waals surface area contributed by atoms with E-state index in [1.807, 2.05) is 0 Å². The first-order chi connectivity index (χ1) is 15.4.